The average molecular weight is 432 g/mol. The Morgan fingerprint density at radius 3 is 2.23 bits per heavy atom. The monoisotopic (exact) mass is 432 g/mol. The number of ether oxygens (including phenoxy) is 1. The van der Waals surface area contributed by atoms with Crippen LogP contribution in [0.25, 0.3) is 17.2 Å². The van der Waals surface area contributed by atoms with E-state index in [0.29, 0.717) is 5.56 Å². The molecular weight excluding hydrogens is 406 g/mol. The molecule has 0 aliphatic rings. The molecule has 0 heterocycles. The van der Waals surface area contributed by atoms with E-state index in [0.717, 1.165) is 11.8 Å². The molecule has 2 aromatic rings. The van der Waals surface area contributed by atoms with Crippen LogP contribution in [0.15, 0.2) is 30.0 Å². The van der Waals surface area contributed by atoms with E-state index in [1.807, 2.05) is 13.8 Å². The zero-order chi connectivity index (χ0) is 23.3. The quantitative estimate of drug-likeness (QED) is 0.429. The van der Waals surface area contributed by atoms with E-state index in [-0.39, 0.29) is 34.1 Å². The van der Waals surface area contributed by atoms with E-state index < -0.39 is 30.1 Å². The Labute approximate surface area is 179 Å². The Balaban J connectivity index is 2.50. The van der Waals surface area contributed by atoms with Gasteiger partial charge in [-0.15, -0.1) is 0 Å². The fourth-order valence-corrected chi connectivity index (χ4v) is 3.12. The number of carboxylic acid groups (broad SMARTS) is 1. The van der Waals surface area contributed by atoms with Crippen molar-refractivity contribution in [1.29, 1.82) is 0 Å². The van der Waals surface area contributed by atoms with E-state index in [1.54, 1.807) is 24.3 Å². The Hall–Kier alpha value is -3.42. The molecule has 0 fully saturated rings. The standard InChI is InChI=1S/C23H26F2N2O4/c1-12(2)27-16-8-6-15(7-9-16)20-14(4)21(24)17(13(3)22(20)25)10-18(31-5)23(30)26-11-19(28)29/h6-10,12,27H,11H2,1-5H3,(H,26,30)(H,28,29)/b18-10-. The first kappa shape index (κ1) is 23.9. The minimum atomic E-state index is -1.24. The van der Waals surface area contributed by atoms with Crippen LogP contribution < -0.4 is 10.6 Å². The van der Waals surface area contributed by atoms with Gasteiger partial charge in [0.25, 0.3) is 5.91 Å². The van der Waals surface area contributed by atoms with E-state index in [4.69, 9.17) is 9.84 Å². The van der Waals surface area contributed by atoms with Gasteiger partial charge in [0, 0.05) is 22.9 Å². The van der Waals surface area contributed by atoms with Crippen LogP contribution in [0.4, 0.5) is 14.5 Å². The lowest BCUT2D eigenvalue weighted by Crippen LogP contribution is -2.30. The molecule has 0 aliphatic carbocycles. The second-order valence-corrected chi connectivity index (χ2v) is 7.33. The molecule has 6 nitrogen and oxygen atoms in total. The SMILES string of the molecule is CO/C(=C\c1c(C)c(F)c(-c2ccc(NC(C)C)cc2)c(C)c1F)C(=O)NCC(=O)O. The molecule has 0 bridgehead atoms. The number of aliphatic carboxylic acids is 1. The number of hydrogen-bond acceptors (Lipinski definition) is 4. The number of carbonyl (C=O) groups excluding carboxylic acids is 1. The molecule has 1 amide bonds. The highest BCUT2D eigenvalue weighted by Crippen LogP contribution is 2.34. The molecule has 2 rings (SSSR count). The van der Waals surface area contributed by atoms with Crippen LogP contribution >= 0.6 is 0 Å². The van der Waals surface area contributed by atoms with E-state index >= 15 is 8.78 Å². The summed E-state index contributed by atoms with van der Waals surface area (Å²) in [5, 5.41) is 14.0. The van der Waals surface area contributed by atoms with E-state index in [9.17, 15) is 9.59 Å². The number of hydrogen-bond donors (Lipinski definition) is 3. The van der Waals surface area contributed by atoms with Gasteiger partial charge in [-0.05, 0) is 62.6 Å². The first-order valence-corrected chi connectivity index (χ1v) is 9.67. The first-order chi connectivity index (χ1) is 14.6. The second-order valence-electron chi connectivity index (χ2n) is 7.33. The molecule has 2 aromatic carbocycles. The molecule has 0 radical (unpaired) electrons. The Morgan fingerprint density at radius 2 is 1.71 bits per heavy atom. The summed E-state index contributed by atoms with van der Waals surface area (Å²) in [6, 6.07) is 7.25. The summed E-state index contributed by atoms with van der Waals surface area (Å²) in [6.07, 6.45) is 1.07. The highest BCUT2D eigenvalue weighted by atomic mass is 19.1. The van der Waals surface area contributed by atoms with Crippen molar-refractivity contribution >= 4 is 23.6 Å². The average Bonchev–Trinajstić information content (AvgIpc) is 2.71. The predicted octanol–water partition coefficient (Wildman–Crippen LogP) is 4.26. The van der Waals surface area contributed by atoms with Crippen molar-refractivity contribution in [3.8, 4) is 11.1 Å². The molecule has 0 unspecified atom stereocenters. The Morgan fingerprint density at radius 1 is 1.10 bits per heavy atom. The molecule has 0 saturated carbocycles. The van der Waals surface area contributed by atoms with Gasteiger partial charge in [-0.1, -0.05) is 12.1 Å². The van der Waals surface area contributed by atoms with Crippen LogP contribution in [0.2, 0.25) is 0 Å². The maximum atomic E-state index is 15.3. The number of nitrogens with one attached hydrogen (secondary N) is 2. The summed E-state index contributed by atoms with van der Waals surface area (Å²) in [6.45, 7) is 6.24. The third kappa shape index (κ3) is 5.59. The number of methoxy groups -OCH3 is 1. The van der Waals surface area contributed by atoms with Crippen LogP contribution in [0.3, 0.4) is 0 Å². The van der Waals surface area contributed by atoms with Crippen molar-refractivity contribution in [3.63, 3.8) is 0 Å². The predicted molar refractivity (Wildman–Crippen MR) is 116 cm³/mol. The smallest absolute Gasteiger partial charge is 0.322 e. The van der Waals surface area contributed by atoms with Gasteiger partial charge in [0.05, 0.1) is 7.11 Å². The number of rotatable bonds is 8. The molecule has 166 valence electrons. The zero-order valence-corrected chi connectivity index (χ0v) is 18.1. The van der Waals surface area contributed by atoms with Crippen LogP contribution in [-0.2, 0) is 14.3 Å². The second kappa shape index (κ2) is 10.1. The number of amides is 1. The zero-order valence-electron chi connectivity index (χ0n) is 18.1. The molecule has 3 N–H and O–H groups in total. The van der Waals surface area contributed by atoms with Crippen LogP contribution in [0.5, 0.6) is 0 Å². The molecule has 0 atom stereocenters. The molecule has 0 aliphatic heterocycles. The normalized spacial score (nSPS) is 11.4. The fourth-order valence-electron chi connectivity index (χ4n) is 3.12. The first-order valence-electron chi connectivity index (χ1n) is 9.67. The summed E-state index contributed by atoms with van der Waals surface area (Å²) in [4.78, 5) is 22.7. The molecule has 31 heavy (non-hydrogen) atoms. The van der Waals surface area contributed by atoms with Gasteiger partial charge in [0.2, 0.25) is 0 Å². The molecular formula is C23H26F2N2O4. The van der Waals surface area contributed by atoms with Crippen molar-refractivity contribution in [3.05, 3.63) is 58.3 Å². The number of benzene rings is 2. The molecule has 8 heteroatoms. The summed E-state index contributed by atoms with van der Waals surface area (Å²) in [5.41, 5.74) is 1.47. The minimum Gasteiger partial charge on any atom is -0.491 e. The topological polar surface area (TPSA) is 87.7 Å². The minimum absolute atomic E-state index is 0.00284. The van der Waals surface area contributed by atoms with Crippen molar-refractivity contribution < 1.29 is 28.2 Å². The van der Waals surface area contributed by atoms with Crippen molar-refractivity contribution in [1.82, 2.24) is 5.32 Å². The summed E-state index contributed by atoms with van der Waals surface area (Å²) in [7, 11) is 1.18. The maximum Gasteiger partial charge on any atom is 0.322 e. The van der Waals surface area contributed by atoms with Gasteiger partial charge < -0.3 is 20.5 Å². The summed E-state index contributed by atoms with van der Waals surface area (Å²) >= 11 is 0. The van der Waals surface area contributed by atoms with Crippen molar-refractivity contribution in [2.24, 2.45) is 0 Å². The largest absolute Gasteiger partial charge is 0.491 e. The lowest BCUT2D eigenvalue weighted by molar-refractivity contribution is -0.137. The van der Waals surface area contributed by atoms with Crippen molar-refractivity contribution in [2.75, 3.05) is 19.0 Å². The van der Waals surface area contributed by atoms with E-state index in [1.165, 1.54) is 21.0 Å². The third-order valence-corrected chi connectivity index (χ3v) is 4.64. The Bertz CT molecular complexity index is 986. The van der Waals surface area contributed by atoms with Gasteiger partial charge in [-0.25, -0.2) is 8.78 Å². The number of carboxylic acids is 1. The number of carbonyl (C=O) groups is 2. The Kier molecular flexibility index (Phi) is 7.74. The van der Waals surface area contributed by atoms with Crippen LogP contribution in [-0.4, -0.2) is 36.7 Å². The van der Waals surface area contributed by atoms with Gasteiger partial charge in [-0.3, -0.25) is 9.59 Å². The number of anilines is 1. The summed E-state index contributed by atoms with van der Waals surface area (Å²) in [5.74, 6) is -3.74. The lowest BCUT2D eigenvalue weighted by Gasteiger charge is -2.16. The molecule has 0 aromatic heterocycles. The van der Waals surface area contributed by atoms with Crippen LogP contribution in [0.1, 0.15) is 30.5 Å². The maximum absolute atomic E-state index is 15.3. The highest BCUT2D eigenvalue weighted by molar-refractivity contribution is 5.97. The summed E-state index contributed by atoms with van der Waals surface area (Å²) < 4.78 is 35.4. The van der Waals surface area contributed by atoms with Gasteiger partial charge in [0.15, 0.2) is 5.76 Å². The third-order valence-electron chi connectivity index (χ3n) is 4.64. The van der Waals surface area contributed by atoms with Crippen molar-refractivity contribution in [2.45, 2.75) is 33.7 Å². The number of halogens is 2. The van der Waals surface area contributed by atoms with E-state index in [2.05, 4.69) is 10.6 Å². The van der Waals surface area contributed by atoms with Crippen LogP contribution in [0, 0.1) is 25.5 Å². The van der Waals surface area contributed by atoms with Gasteiger partial charge >= 0.3 is 5.97 Å². The fraction of sp³-hybridized carbons (Fsp3) is 0.304. The molecule has 0 saturated heterocycles. The molecule has 0 spiro atoms. The van der Waals surface area contributed by atoms with Gasteiger partial charge in [0.1, 0.15) is 18.2 Å². The highest BCUT2D eigenvalue weighted by Gasteiger charge is 2.22. The van der Waals surface area contributed by atoms with Gasteiger partial charge in [-0.2, -0.15) is 0 Å². The lowest BCUT2D eigenvalue weighted by atomic mass is 9.92.